The summed E-state index contributed by atoms with van der Waals surface area (Å²) >= 11 is 1.80. The van der Waals surface area contributed by atoms with E-state index in [4.69, 9.17) is 4.74 Å². The fraction of sp³-hybridized carbons (Fsp3) is 0.211. The zero-order chi connectivity index (χ0) is 16.1. The van der Waals surface area contributed by atoms with Crippen LogP contribution in [0.5, 0.6) is 5.75 Å². The molecule has 0 saturated heterocycles. The van der Waals surface area contributed by atoms with E-state index in [-0.39, 0.29) is 0 Å². The molecule has 0 N–H and O–H groups in total. The third kappa shape index (κ3) is 4.17. The number of nitrogens with zero attached hydrogens (tertiary/aromatic N) is 2. The standard InChI is InChI=1S/C19H20N2OS/c1-3-22-18-9-7-17(8-10-18)21-13-19(12-20-21)23-14-16-6-4-5-15(2)11-16/h4-13H,3,14H2,1-2H3. The van der Waals surface area contributed by atoms with E-state index in [0.29, 0.717) is 6.61 Å². The third-order valence-corrected chi connectivity index (χ3v) is 4.48. The summed E-state index contributed by atoms with van der Waals surface area (Å²) in [6.07, 6.45) is 3.98. The van der Waals surface area contributed by atoms with E-state index >= 15 is 0 Å². The molecular weight excluding hydrogens is 304 g/mol. The molecule has 0 aliphatic carbocycles. The highest BCUT2D eigenvalue weighted by molar-refractivity contribution is 7.98. The Bertz CT molecular complexity index is 765. The van der Waals surface area contributed by atoms with Crippen molar-refractivity contribution in [3.8, 4) is 11.4 Å². The fourth-order valence-electron chi connectivity index (χ4n) is 2.35. The van der Waals surface area contributed by atoms with Crippen LogP contribution < -0.4 is 4.74 Å². The van der Waals surface area contributed by atoms with Crippen LogP contribution in [-0.2, 0) is 5.75 Å². The minimum atomic E-state index is 0.681. The van der Waals surface area contributed by atoms with Gasteiger partial charge in [0.1, 0.15) is 5.75 Å². The fourth-order valence-corrected chi connectivity index (χ4v) is 3.16. The molecule has 0 bridgehead atoms. The average molecular weight is 324 g/mol. The number of thioether (sulfide) groups is 1. The normalized spacial score (nSPS) is 10.7. The largest absolute Gasteiger partial charge is 0.494 e. The van der Waals surface area contributed by atoms with E-state index < -0.39 is 0 Å². The first-order chi connectivity index (χ1) is 11.2. The van der Waals surface area contributed by atoms with E-state index in [1.807, 2.05) is 42.1 Å². The quantitative estimate of drug-likeness (QED) is 0.605. The van der Waals surface area contributed by atoms with Gasteiger partial charge in [0.2, 0.25) is 0 Å². The van der Waals surface area contributed by atoms with Crippen molar-refractivity contribution in [2.75, 3.05) is 6.61 Å². The summed E-state index contributed by atoms with van der Waals surface area (Å²) in [6, 6.07) is 16.6. The first-order valence-corrected chi connectivity index (χ1v) is 8.69. The van der Waals surface area contributed by atoms with E-state index in [0.717, 1.165) is 17.2 Å². The van der Waals surface area contributed by atoms with Crippen molar-refractivity contribution in [2.24, 2.45) is 0 Å². The Labute approximate surface area is 141 Å². The van der Waals surface area contributed by atoms with Gasteiger partial charge in [-0.15, -0.1) is 11.8 Å². The number of hydrogen-bond acceptors (Lipinski definition) is 3. The van der Waals surface area contributed by atoms with Crippen molar-refractivity contribution in [3.05, 3.63) is 72.1 Å². The maximum Gasteiger partial charge on any atom is 0.119 e. The van der Waals surface area contributed by atoms with Gasteiger partial charge in [-0.3, -0.25) is 0 Å². The topological polar surface area (TPSA) is 27.1 Å². The van der Waals surface area contributed by atoms with Gasteiger partial charge in [0.25, 0.3) is 0 Å². The van der Waals surface area contributed by atoms with E-state index in [1.54, 1.807) is 11.8 Å². The minimum absolute atomic E-state index is 0.681. The second kappa shape index (κ2) is 7.38. The SMILES string of the molecule is CCOc1ccc(-n2cc(SCc3cccc(C)c3)cn2)cc1. The van der Waals surface area contributed by atoms with Gasteiger partial charge >= 0.3 is 0 Å². The monoisotopic (exact) mass is 324 g/mol. The molecule has 0 saturated carbocycles. The molecule has 0 fully saturated rings. The van der Waals surface area contributed by atoms with Crippen molar-refractivity contribution >= 4 is 11.8 Å². The van der Waals surface area contributed by atoms with Crippen molar-refractivity contribution in [2.45, 2.75) is 24.5 Å². The van der Waals surface area contributed by atoms with Crippen molar-refractivity contribution in [1.29, 1.82) is 0 Å². The number of aryl methyl sites for hydroxylation is 1. The Morgan fingerprint density at radius 3 is 2.70 bits per heavy atom. The molecule has 2 aromatic carbocycles. The van der Waals surface area contributed by atoms with E-state index in [2.05, 4.69) is 42.5 Å². The molecule has 3 nitrogen and oxygen atoms in total. The number of hydrogen-bond donors (Lipinski definition) is 0. The summed E-state index contributed by atoms with van der Waals surface area (Å²) in [6.45, 7) is 4.79. The van der Waals surface area contributed by atoms with E-state index in [1.165, 1.54) is 16.0 Å². The molecular formula is C19H20N2OS. The number of benzene rings is 2. The van der Waals surface area contributed by atoms with Crippen molar-refractivity contribution in [1.82, 2.24) is 9.78 Å². The van der Waals surface area contributed by atoms with Crippen LogP contribution in [0.2, 0.25) is 0 Å². The van der Waals surface area contributed by atoms with Crippen LogP contribution in [0.1, 0.15) is 18.1 Å². The predicted molar refractivity (Wildman–Crippen MR) is 95.5 cm³/mol. The first kappa shape index (κ1) is 15.7. The molecule has 118 valence electrons. The molecule has 0 amide bonds. The van der Waals surface area contributed by atoms with Gasteiger partial charge in [-0.05, 0) is 43.7 Å². The second-order valence-corrected chi connectivity index (χ2v) is 6.37. The first-order valence-electron chi connectivity index (χ1n) is 7.71. The van der Waals surface area contributed by atoms with Crippen LogP contribution in [-0.4, -0.2) is 16.4 Å². The van der Waals surface area contributed by atoms with Gasteiger partial charge in [-0.25, -0.2) is 4.68 Å². The van der Waals surface area contributed by atoms with E-state index in [9.17, 15) is 0 Å². The summed E-state index contributed by atoms with van der Waals surface area (Å²) in [5.74, 6) is 1.84. The number of rotatable bonds is 6. The van der Waals surface area contributed by atoms with Crippen molar-refractivity contribution < 1.29 is 4.74 Å². The molecule has 0 unspecified atom stereocenters. The Balaban J connectivity index is 1.65. The Morgan fingerprint density at radius 1 is 1.13 bits per heavy atom. The van der Waals surface area contributed by atoms with Gasteiger partial charge in [-0.1, -0.05) is 29.8 Å². The molecule has 23 heavy (non-hydrogen) atoms. The highest BCUT2D eigenvalue weighted by atomic mass is 32.2. The summed E-state index contributed by atoms with van der Waals surface area (Å²) in [7, 11) is 0. The molecule has 3 rings (SSSR count). The molecule has 0 atom stereocenters. The van der Waals surface area contributed by atoms with Gasteiger partial charge in [0, 0.05) is 16.8 Å². The molecule has 0 radical (unpaired) electrons. The molecule has 3 aromatic rings. The Kier molecular flexibility index (Phi) is 5.03. The van der Waals surface area contributed by atoms with Crippen LogP contribution in [0, 0.1) is 6.92 Å². The molecule has 0 aliphatic heterocycles. The summed E-state index contributed by atoms with van der Waals surface area (Å²) in [4.78, 5) is 1.17. The molecule has 0 spiro atoms. The Hall–Kier alpha value is -2.20. The molecule has 0 aliphatic rings. The average Bonchev–Trinajstić information content (AvgIpc) is 3.03. The van der Waals surface area contributed by atoms with Gasteiger partial charge in [0.15, 0.2) is 0 Å². The summed E-state index contributed by atoms with van der Waals surface area (Å²) in [5, 5.41) is 4.45. The predicted octanol–water partition coefficient (Wildman–Crippen LogP) is 4.87. The zero-order valence-corrected chi connectivity index (χ0v) is 14.2. The lowest BCUT2D eigenvalue weighted by Gasteiger charge is -2.05. The van der Waals surface area contributed by atoms with Crippen LogP contribution in [0.3, 0.4) is 0 Å². The third-order valence-electron chi connectivity index (χ3n) is 3.46. The van der Waals surface area contributed by atoms with Crippen molar-refractivity contribution in [3.63, 3.8) is 0 Å². The Morgan fingerprint density at radius 2 is 1.96 bits per heavy atom. The van der Waals surface area contributed by atoms with Crippen LogP contribution in [0.25, 0.3) is 5.69 Å². The minimum Gasteiger partial charge on any atom is -0.494 e. The lowest BCUT2D eigenvalue weighted by molar-refractivity contribution is 0.340. The molecule has 1 heterocycles. The van der Waals surface area contributed by atoms with Crippen LogP contribution in [0.4, 0.5) is 0 Å². The number of aromatic nitrogens is 2. The lowest BCUT2D eigenvalue weighted by Crippen LogP contribution is -1.95. The highest BCUT2D eigenvalue weighted by Crippen LogP contribution is 2.24. The zero-order valence-electron chi connectivity index (χ0n) is 13.4. The summed E-state index contributed by atoms with van der Waals surface area (Å²) < 4.78 is 7.36. The van der Waals surface area contributed by atoms with Crippen LogP contribution >= 0.6 is 11.8 Å². The van der Waals surface area contributed by atoms with Gasteiger partial charge in [0.05, 0.1) is 18.5 Å². The maximum absolute atomic E-state index is 5.47. The second-order valence-electron chi connectivity index (χ2n) is 5.33. The molecule has 1 aromatic heterocycles. The van der Waals surface area contributed by atoms with Crippen LogP contribution in [0.15, 0.2) is 65.8 Å². The van der Waals surface area contributed by atoms with Gasteiger partial charge in [-0.2, -0.15) is 5.10 Å². The highest BCUT2D eigenvalue weighted by Gasteiger charge is 2.03. The molecule has 4 heteroatoms. The lowest BCUT2D eigenvalue weighted by atomic mass is 10.2. The summed E-state index contributed by atoms with van der Waals surface area (Å²) in [5.41, 5.74) is 3.67. The smallest absolute Gasteiger partial charge is 0.119 e. The maximum atomic E-state index is 5.47. The van der Waals surface area contributed by atoms with Gasteiger partial charge < -0.3 is 4.74 Å². The number of ether oxygens (including phenoxy) is 1.